The fourth-order valence-electron chi connectivity index (χ4n) is 0.342. The van der Waals surface area contributed by atoms with Crippen LogP contribution in [0.2, 0.25) is 0 Å². The predicted octanol–water partition coefficient (Wildman–Crippen LogP) is 0.562. The van der Waals surface area contributed by atoms with E-state index in [1.165, 1.54) is 18.4 Å². The fraction of sp³-hybridized carbons (Fsp3) is 0.333. The Morgan fingerprint density at radius 1 is 1.30 bits per heavy atom. The highest BCUT2D eigenvalue weighted by Gasteiger charge is 1.73. The molecule has 0 N–H and O–H groups in total. The molecule has 0 aliphatic heterocycles. The quantitative estimate of drug-likeness (QED) is 0.324. The lowest BCUT2D eigenvalue weighted by Crippen LogP contribution is -1.73. The smallest absolute Gasteiger partial charge is 0.211 e. The molecular weight excluding hydrogens is 132 g/mol. The van der Waals surface area contributed by atoms with Gasteiger partial charge >= 0.3 is 0 Å². The highest BCUT2D eigenvalue weighted by atomic mass is 16.1. The maximum absolute atomic E-state index is 9.49. The Balaban J connectivity index is 3.35. The molecule has 0 aliphatic rings. The van der Waals surface area contributed by atoms with Crippen molar-refractivity contribution < 1.29 is 9.59 Å². The van der Waals surface area contributed by atoms with Crippen LogP contribution in [0, 0.1) is 0 Å². The first-order valence-corrected chi connectivity index (χ1v) is 2.67. The van der Waals surface area contributed by atoms with Crippen LogP contribution in [-0.2, 0) is 9.59 Å². The third-order valence-corrected chi connectivity index (χ3v) is 0.705. The summed E-state index contributed by atoms with van der Waals surface area (Å²) in [6.45, 7) is 0.383. The summed E-state index contributed by atoms with van der Waals surface area (Å²) in [5.41, 5.74) is 0. The van der Waals surface area contributed by atoms with E-state index in [4.69, 9.17) is 0 Å². The van der Waals surface area contributed by atoms with Gasteiger partial charge in [-0.3, -0.25) is 0 Å². The fourth-order valence-corrected chi connectivity index (χ4v) is 0.342. The van der Waals surface area contributed by atoms with Crippen molar-refractivity contribution in [1.82, 2.24) is 0 Å². The van der Waals surface area contributed by atoms with Crippen molar-refractivity contribution in [2.24, 2.45) is 9.98 Å². The van der Waals surface area contributed by atoms with E-state index in [0.717, 1.165) is 0 Å². The number of isocyanates is 2. The van der Waals surface area contributed by atoms with Gasteiger partial charge in [0.15, 0.2) is 0 Å². The van der Waals surface area contributed by atoms with Crippen LogP contribution in [0.3, 0.4) is 0 Å². The molecule has 0 bridgehead atoms. The lowest BCUT2D eigenvalue weighted by molar-refractivity contribution is 0.562. The van der Waals surface area contributed by atoms with Crippen LogP contribution in [0.15, 0.2) is 22.3 Å². The summed E-state index contributed by atoms with van der Waals surface area (Å²) < 4.78 is 0. The van der Waals surface area contributed by atoms with Gasteiger partial charge in [-0.2, -0.15) is 4.99 Å². The molecule has 4 nitrogen and oxygen atoms in total. The molecule has 0 rings (SSSR count). The normalized spacial score (nSPS) is 8.40. The van der Waals surface area contributed by atoms with Gasteiger partial charge in [0, 0.05) is 6.20 Å². The molecule has 4 heteroatoms. The molecule has 0 aromatic heterocycles. The van der Waals surface area contributed by atoms with Crippen LogP contribution in [0.4, 0.5) is 0 Å². The third-order valence-electron chi connectivity index (χ3n) is 0.705. The standard InChI is InChI=1S/C6H6N2O2/c9-5-7-3-1-2-4-8-6-10/h1,3H,2,4H2. The summed E-state index contributed by atoms with van der Waals surface area (Å²) in [4.78, 5) is 25.4. The zero-order chi connectivity index (χ0) is 7.66. The van der Waals surface area contributed by atoms with Crippen molar-refractivity contribution in [2.45, 2.75) is 6.42 Å². The largest absolute Gasteiger partial charge is 0.239 e. The van der Waals surface area contributed by atoms with Crippen molar-refractivity contribution >= 4 is 12.2 Å². The van der Waals surface area contributed by atoms with Gasteiger partial charge < -0.3 is 0 Å². The monoisotopic (exact) mass is 138 g/mol. The van der Waals surface area contributed by atoms with Crippen molar-refractivity contribution in [3.8, 4) is 0 Å². The second-order valence-corrected chi connectivity index (χ2v) is 1.37. The maximum atomic E-state index is 9.49. The minimum atomic E-state index is 0.383. The van der Waals surface area contributed by atoms with Gasteiger partial charge in [0.1, 0.15) is 0 Å². The summed E-state index contributed by atoms with van der Waals surface area (Å²) in [7, 11) is 0. The Morgan fingerprint density at radius 2 is 2.10 bits per heavy atom. The van der Waals surface area contributed by atoms with Gasteiger partial charge in [-0.05, 0) is 6.42 Å². The average molecular weight is 138 g/mol. The van der Waals surface area contributed by atoms with Crippen LogP contribution in [0.1, 0.15) is 6.42 Å². The van der Waals surface area contributed by atoms with E-state index in [1.54, 1.807) is 6.08 Å². The first-order valence-electron chi connectivity index (χ1n) is 2.67. The molecule has 10 heavy (non-hydrogen) atoms. The van der Waals surface area contributed by atoms with E-state index in [1.807, 2.05) is 0 Å². The zero-order valence-electron chi connectivity index (χ0n) is 5.28. The Morgan fingerprint density at radius 3 is 2.70 bits per heavy atom. The molecule has 0 saturated heterocycles. The van der Waals surface area contributed by atoms with E-state index in [2.05, 4.69) is 9.98 Å². The van der Waals surface area contributed by atoms with Crippen molar-refractivity contribution in [2.75, 3.05) is 6.54 Å². The summed E-state index contributed by atoms with van der Waals surface area (Å²) >= 11 is 0. The molecule has 0 atom stereocenters. The summed E-state index contributed by atoms with van der Waals surface area (Å²) in [6.07, 6.45) is 6.24. The Bertz CT molecular complexity index is 198. The number of hydrogen-bond acceptors (Lipinski definition) is 4. The van der Waals surface area contributed by atoms with Crippen LogP contribution in [0.25, 0.3) is 0 Å². The number of hydrogen-bond donors (Lipinski definition) is 0. The van der Waals surface area contributed by atoms with Gasteiger partial charge in [0.05, 0.1) is 6.54 Å². The Kier molecular flexibility index (Phi) is 6.38. The number of carbonyl (C=O) groups excluding carboxylic acids is 2. The van der Waals surface area contributed by atoms with Crippen LogP contribution in [0.5, 0.6) is 0 Å². The van der Waals surface area contributed by atoms with Crippen LogP contribution < -0.4 is 0 Å². The Hall–Kier alpha value is -1.50. The molecule has 52 valence electrons. The third kappa shape index (κ3) is 6.50. The molecule has 0 aliphatic carbocycles. The van der Waals surface area contributed by atoms with E-state index >= 15 is 0 Å². The van der Waals surface area contributed by atoms with E-state index in [0.29, 0.717) is 13.0 Å². The van der Waals surface area contributed by atoms with E-state index < -0.39 is 0 Å². The number of aliphatic imine (C=N–C) groups is 2. The highest BCUT2D eigenvalue weighted by Crippen LogP contribution is 1.82. The second kappa shape index (κ2) is 7.50. The molecule has 0 saturated carbocycles. The maximum Gasteiger partial charge on any atom is 0.239 e. The second-order valence-electron chi connectivity index (χ2n) is 1.37. The molecule has 0 amide bonds. The topological polar surface area (TPSA) is 58.9 Å². The van der Waals surface area contributed by atoms with Gasteiger partial charge in [-0.15, -0.1) is 0 Å². The van der Waals surface area contributed by atoms with Gasteiger partial charge in [-0.1, -0.05) is 6.08 Å². The minimum Gasteiger partial charge on any atom is -0.211 e. The summed E-state index contributed by atoms with van der Waals surface area (Å²) in [5.74, 6) is 0. The molecule has 0 heterocycles. The van der Waals surface area contributed by atoms with Crippen LogP contribution in [-0.4, -0.2) is 18.7 Å². The van der Waals surface area contributed by atoms with Gasteiger partial charge in [0.2, 0.25) is 12.2 Å². The van der Waals surface area contributed by atoms with Crippen LogP contribution >= 0.6 is 0 Å². The van der Waals surface area contributed by atoms with Gasteiger partial charge in [0.25, 0.3) is 0 Å². The molecule has 0 unspecified atom stereocenters. The van der Waals surface area contributed by atoms with E-state index in [9.17, 15) is 9.59 Å². The van der Waals surface area contributed by atoms with Crippen molar-refractivity contribution in [3.05, 3.63) is 12.3 Å². The minimum absolute atomic E-state index is 0.383. The molecule has 0 aromatic carbocycles. The van der Waals surface area contributed by atoms with Crippen molar-refractivity contribution in [3.63, 3.8) is 0 Å². The lowest BCUT2D eigenvalue weighted by Gasteiger charge is -1.78. The average Bonchev–Trinajstić information content (AvgIpc) is 1.97. The number of rotatable bonds is 4. The summed E-state index contributed by atoms with van der Waals surface area (Å²) in [5, 5.41) is 0. The molecule has 0 spiro atoms. The van der Waals surface area contributed by atoms with E-state index in [-0.39, 0.29) is 0 Å². The predicted molar refractivity (Wildman–Crippen MR) is 34.9 cm³/mol. The molecule has 0 radical (unpaired) electrons. The first kappa shape index (κ1) is 8.50. The SMILES string of the molecule is O=C=NC=CCCN=C=O. The first-order chi connectivity index (χ1) is 4.91. The highest BCUT2D eigenvalue weighted by molar-refractivity contribution is 5.34. The van der Waals surface area contributed by atoms with Crippen molar-refractivity contribution in [1.29, 1.82) is 0 Å². The Labute approximate surface area is 58.0 Å². The molecule has 0 fully saturated rings. The molecular formula is C6H6N2O2. The lowest BCUT2D eigenvalue weighted by atomic mass is 10.4. The van der Waals surface area contributed by atoms with Gasteiger partial charge in [-0.25, -0.2) is 14.6 Å². The summed E-state index contributed by atoms with van der Waals surface area (Å²) in [6, 6.07) is 0. The molecule has 0 aromatic rings. The zero-order valence-corrected chi connectivity index (χ0v) is 5.28. The number of nitrogens with zero attached hydrogens (tertiary/aromatic N) is 2.